The Balaban J connectivity index is 1.66. The number of nitrogens with two attached hydrogens (primary N) is 1. The van der Waals surface area contributed by atoms with Gasteiger partial charge in [-0.25, -0.2) is 0 Å². The SMILES string of the molecule is NCCCC(=O)NCc1ccc(OCCOc2ccc(Cl)cc2)cc1. The molecule has 0 heterocycles. The third-order valence-electron chi connectivity index (χ3n) is 3.46. The highest BCUT2D eigenvalue weighted by molar-refractivity contribution is 6.30. The molecular weight excluding hydrogens is 340 g/mol. The zero-order valence-electron chi connectivity index (χ0n) is 14.0. The minimum absolute atomic E-state index is 0.0186. The van der Waals surface area contributed by atoms with Crippen LogP contribution in [0.15, 0.2) is 48.5 Å². The van der Waals surface area contributed by atoms with Crippen LogP contribution in [0.25, 0.3) is 0 Å². The summed E-state index contributed by atoms with van der Waals surface area (Å²) >= 11 is 5.82. The summed E-state index contributed by atoms with van der Waals surface area (Å²) in [4.78, 5) is 11.5. The maximum Gasteiger partial charge on any atom is 0.220 e. The molecule has 3 N–H and O–H groups in total. The summed E-state index contributed by atoms with van der Waals surface area (Å²) in [5.41, 5.74) is 6.40. The number of nitrogens with one attached hydrogen (secondary N) is 1. The Bertz CT molecular complexity index is 645. The molecule has 2 aromatic rings. The number of carbonyl (C=O) groups excluding carboxylic acids is 1. The molecule has 2 rings (SSSR count). The molecule has 2 aromatic carbocycles. The van der Waals surface area contributed by atoms with Crippen molar-refractivity contribution in [2.45, 2.75) is 19.4 Å². The van der Waals surface area contributed by atoms with Crippen molar-refractivity contribution in [3.05, 3.63) is 59.1 Å². The van der Waals surface area contributed by atoms with E-state index in [-0.39, 0.29) is 5.91 Å². The summed E-state index contributed by atoms with van der Waals surface area (Å²) in [6, 6.07) is 14.8. The van der Waals surface area contributed by atoms with Gasteiger partial charge in [0.2, 0.25) is 5.91 Å². The molecule has 0 unspecified atom stereocenters. The van der Waals surface area contributed by atoms with Gasteiger partial charge < -0.3 is 20.5 Å². The fourth-order valence-corrected chi connectivity index (χ4v) is 2.23. The zero-order valence-corrected chi connectivity index (χ0v) is 14.8. The largest absolute Gasteiger partial charge is 0.490 e. The molecule has 0 aliphatic carbocycles. The topological polar surface area (TPSA) is 73.6 Å². The van der Waals surface area contributed by atoms with E-state index in [4.69, 9.17) is 26.8 Å². The number of hydrogen-bond acceptors (Lipinski definition) is 4. The molecule has 0 bridgehead atoms. The molecule has 0 saturated heterocycles. The van der Waals surface area contributed by atoms with Crippen LogP contribution in [0.1, 0.15) is 18.4 Å². The lowest BCUT2D eigenvalue weighted by Gasteiger charge is -2.09. The fourth-order valence-electron chi connectivity index (χ4n) is 2.11. The van der Waals surface area contributed by atoms with E-state index in [0.29, 0.717) is 44.2 Å². The van der Waals surface area contributed by atoms with Crippen molar-refractivity contribution in [1.82, 2.24) is 5.32 Å². The Morgan fingerprint density at radius 2 is 1.52 bits per heavy atom. The Labute approximate surface area is 153 Å². The number of hydrogen-bond donors (Lipinski definition) is 2. The van der Waals surface area contributed by atoms with Gasteiger partial charge in [-0.2, -0.15) is 0 Å². The standard InChI is InChI=1S/C19H23ClN2O3/c20-16-5-9-18(10-6-16)25-13-12-24-17-7-3-15(4-8-17)14-22-19(23)2-1-11-21/h3-10H,1-2,11-14,21H2,(H,22,23). The third-order valence-corrected chi connectivity index (χ3v) is 3.71. The van der Waals surface area contributed by atoms with Gasteiger partial charge in [0.05, 0.1) is 0 Å². The molecule has 0 aromatic heterocycles. The molecule has 1 amide bonds. The number of rotatable bonds is 10. The molecule has 0 fully saturated rings. The van der Waals surface area contributed by atoms with E-state index in [1.807, 2.05) is 36.4 Å². The van der Waals surface area contributed by atoms with Crippen LogP contribution in [0.2, 0.25) is 5.02 Å². The quantitative estimate of drug-likeness (QED) is 0.637. The molecule has 25 heavy (non-hydrogen) atoms. The summed E-state index contributed by atoms with van der Waals surface area (Å²) in [5, 5.41) is 3.54. The lowest BCUT2D eigenvalue weighted by molar-refractivity contribution is -0.121. The molecular formula is C19H23ClN2O3. The van der Waals surface area contributed by atoms with Crippen LogP contribution in [0.3, 0.4) is 0 Å². The number of carbonyl (C=O) groups is 1. The monoisotopic (exact) mass is 362 g/mol. The average Bonchev–Trinajstić information content (AvgIpc) is 2.64. The molecule has 6 heteroatoms. The molecule has 0 saturated carbocycles. The van der Waals surface area contributed by atoms with Crippen molar-refractivity contribution in [2.75, 3.05) is 19.8 Å². The first-order valence-electron chi connectivity index (χ1n) is 8.24. The van der Waals surface area contributed by atoms with Crippen LogP contribution < -0.4 is 20.5 Å². The third kappa shape index (κ3) is 7.45. The van der Waals surface area contributed by atoms with E-state index in [1.54, 1.807) is 12.1 Å². The molecule has 5 nitrogen and oxygen atoms in total. The van der Waals surface area contributed by atoms with Crippen LogP contribution in [0.4, 0.5) is 0 Å². The van der Waals surface area contributed by atoms with Crippen molar-refractivity contribution in [1.29, 1.82) is 0 Å². The number of ether oxygens (including phenoxy) is 2. The molecule has 134 valence electrons. The molecule has 0 aliphatic heterocycles. The molecule has 0 spiro atoms. The number of amides is 1. The first-order valence-corrected chi connectivity index (χ1v) is 8.62. The van der Waals surface area contributed by atoms with E-state index in [9.17, 15) is 4.79 Å². The second-order valence-electron chi connectivity index (χ2n) is 5.46. The predicted octanol–water partition coefficient (Wildman–Crippen LogP) is 3.15. The van der Waals surface area contributed by atoms with E-state index in [1.165, 1.54) is 0 Å². The summed E-state index contributed by atoms with van der Waals surface area (Å²) in [7, 11) is 0. The lowest BCUT2D eigenvalue weighted by Crippen LogP contribution is -2.23. The highest BCUT2D eigenvalue weighted by Gasteiger charge is 2.01. The van der Waals surface area contributed by atoms with Crippen molar-refractivity contribution >= 4 is 17.5 Å². The minimum Gasteiger partial charge on any atom is -0.490 e. The second-order valence-corrected chi connectivity index (χ2v) is 5.90. The first kappa shape index (κ1) is 19.1. The first-order chi connectivity index (χ1) is 12.2. The van der Waals surface area contributed by atoms with E-state index in [2.05, 4.69) is 5.32 Å². The Hall–Kier alpha value is -2.24. The summed E-state index contributed by atoms with van der Waals surface area (Å²) in [5.74, 6) is 1.54. The van der Waals surface area contributed by atoms with Crippen LogP contribution in [0.5, 0.6) is 11.5 Å². The predicted molar refractivity (Wildman–Crippen MR) is 99.0 cm³/mol. The lowest BCUT2D eigenvalue weighted by atomic mass is 10.2. The minimum atomic E-state index is 0.0186. The van der Waals surface area contributed by atoms with Gasteiger partial charge in [-0.15, -0.1) is 0 Å². The van der Waals surface area contributed by atoms with Gasteiger partial charge in [0.1, 0.15) is 24.7 Å². The van der Waals surface area contributed by atoms with Crippen LogP contribution in [0, 0.1) is 0 Å². The Morgan fingerprint density at radius 1 is 0.960 bits per heavy atom. The summed E-state index contributed by atoms with van der Waals surface area (Å²) < 4.78 is 11.2. The van der Waals surface area contributed by atoms with Crippen LogP contribution in [-0.4, -0.2) is 25.7 Å². The normalized spacial score (nSPS) is 10.3. The van der Waals surface area contributed by atoms with E-state index < -0.39 is 0 Å². The van der Waals surface area contributed by atoms with Gasteiger partial charge in [0.25, 0.3) is 0 Å². The van der Waals surface area contributed by atoms with Gasteiger partial charge in [-0.3, -0.25) is 4.79 Å². The van der Waals surface area contributed by atoms with Crippen LogP contribution >= 0.6 is 11.6 Å². The fraction of sp³-hybridized carbons (Fsp3) is 0.316. The van der Waals surface area contributed by atoms with E-state index >= 15 is 0 Å². The average molecular weight is 363 g/mol. The zero-order chi connectivity index (χ0) is 17.9. The number of benzene rings is 2. The van der Waals surface area contributed by atoms with Gasteiger partial charge in [0.15, 0.2) is 0 Å². The van der Waals surface area contributed by atoms with Gasteiger partial charge in [-0.1, -0.05) is 23.7 Å². The maximum atomic E-state index is 11.5. The number of halogens is 1. The maximum absolute atomic E-state index is 11.5. The molecule has 0 atom stereocenters. The van der Waals surface area contributed by atoms with Crippen molar-refractivity contribution in [3.8, 4) is 11.5 Å². The van der Waals surface area contributed by atoms with Gasteiger partial charge >= 0.3 is 0 Å². The summed E-state index contributed by atoms with van der Waals surface area (Å²) in [6.07, 6.45) is 1.17. The van der Waals surface area contributed by atoms with Gasteiger partial charge in [0, 0.05) is 18.0 Å². The Morgan fingerprint density at radius 3 is 2.08 bits per heavy atom. The molecule has 0 radical (unpaired) electrons. The van der Waals surface area contributed by atoms with Crippen molar-refractivity contribution < 1.29 is 14.3 Å². The Kier molecular flexibility index (Phi) is 8.09. The highest BCUT2D eigenvalue weighted by Crippen LogP contribution is 2.16. The van der Waals surface area contributed by atoms with Gasteiger partial charge in [-0.05, 0) is 54.9 Å². The van der Waals surface area contributed by atoms with E-state index in [0.717, 1.165) is 17.1 Å². The van der Waals surface area contributed by atoms with Crippen molar-refractivity contribution in [2.24, 2.45) is 5.73 Å². The molecule has 0 aliphatic rings. The highest BCUT2D eigenvalue weighted by atomic mass is 35.5. The second kappa shape index (κ2) is 10.6. The summed E-state index contributed by atoms with van der Waals surface area (Å²) in [6.45, 7) is 1.92. The smallest absolute Gasteiger partial charge is 0.220 e. The van der Waals surface area contributed by atoms with Crippen LogP contribution in [-0.2, 0) is 11.3 Å². The van der Waals surface area contributed by atoms with Crippen molar-refractivity contribution in [3.63, 3.8) is 0 Å².